The molecule has 0 radical (unpaired) electrons. The van der Waals surface area contributed by atoms with Crippen LogP contribution in [-0.4, -0.2) is 26.5 Å². The number of hydrogen-bond acceptors (Lipinski definition) is 4. The molecule has 122 valence electrons. The molecule has 0 saturated heterocycles. The van der Waals surface area contributed by atoms with E-state index in [2.05, 4.69) is 57.1 Å². The summed E-state index contributed by atoms with van der Waals surface area (Å²) in [6.07, 6.45) is 8.50. The molecule has 1 N–H and O–H groups in total. The largest absolute Gasteiger partial charge is 0.346 e. The molecule has 0 bridgehead atoms. The van der Waals surface area contributed by atoms with Crippen LogP contribution in [0.15, 0.2) is 55.1 Å². The molecule has 5 nitrogen and oxygen atoms in total. The van der Waals surface area contributed by atoms with Crippen molar-refractivity contribution >= 4 is 22.5 Å². The van der Waals surface area contributed by atoms with Crippen LogP contribution >= 0.6 is 0 Å². The number of pyridine rings is 1. The highest BCUT2D eigenvalue weighted by molar-refractivity contribution is 5.83. The summed E-state index contributed by atoms with van der Waals surface area (Å²) >= 11 is 0. The third-order valence-electron chi connectivity index (χ3n) is 4.82. The van der Waals surface area contributed by atoms with Crippen LogP contribution in [0.1, 0.15) is 11.1 Å². The Hall–Kier alpha value is -3.21. The van der Waals surface area contributed by atoms with Crippen molar-refractivity contribution in [3.63, 3.8) is 0 Å². The smallest absolute Gasteiger partial charge is 0.152 e. The number of benzene rings is 1. The number of para-hydroxylation sites is 1. The molecule has 0 unspecified atom stereocenters. The molecule has 0 aliphatic carbocycles. The SMILES string of the molecule is Cc1c[nH]c2ncc(-c3cncc(N4CCc5ccccc54)n3)cc12. The van der Waals surface area contributed by atoms with Crippen LogP contribution in [0.5, 0.6) is 0 Å². The monoisotopic (exact) mass is 327 g/mol. The van der Waals surface area contributed by atoms with Crippen molar-refractivity contribution in [2.45, 2.75) is 13.3 Å². The highest BCUT2D eigenvalue weighted by Gasteiger charge is 2.21. The van der Waals surface area contributed by atoms with E-state index < -0.39 is 0 Å². The van der Waals surface area contributed by atoms with Gasteiger partial charge in [-0.25, -0.2) is 9.97 Å². The molecule has 4 heterocycles. The van der Waals surface area contributed by atoms with Crippen molar-refractivity contribution < 1.29 is 0 Å². The molecule has 0 amide bonds. The number of rotatable bonds is 2. The molecule has 1 aliphatic heterocycles. The first-order chi connectivity index (χ1) is 12.3. The Morgan fingerprint density at radius 3 is 3.00 bits per heavy atom. The van der Waals surface area contributed by atoms with Crippen LogP contribution < -0.4 is 4.90 Å². The molecule has 5 rings (SSSR count). The summed E-state index contributed by atoms with van der Waals surface area (Å²) in [5.74, 6) is 0.883. The second-order valence-electron chi connectivity index (χ2n) is 6.38. The van der Waals surface area contributed by atoms with Crippen LogP contribution in [-0.2, 0) is 6.42 Å². The zero-order chi connectivity index (χ0) is 16.8. The standard InChI is InChI=1S/C20H17N5/c1-13-9-22-20-16(13)8-15(10-23-20)17-11-21-12-19(24-17)25-7-6-14-4-2-3-5-18(14)25/h2-5,8-12H,6-7H2,1H3,(H,22,23). The molecule has 5 heteroatoms. The predicted octanol–water partition coefficient (Wildman–Crippen LogP) is 4.02. The molecule has 1 aromatic carbocycles. The number of H-pyrrole nitrogens is 1. The van der Waals surface area contributed by atoms with E-state index in [1.54, 1.807) is 6.20 Å². The van der Waals surface area contributed by atoms with Gasteiger partial charge in [0.15, 0.2) is 5.82 Å². The minimum Gasteiger partial charge on any atom is -0.346 e. The summed E-state index contributed by atoms with van der Waals surface area (Å²) < 4.78 is 0. The molecule has 25 heavy (non-hydrogen) atoms. The number of fused-ring (bicyclic) bond motifs is 2. The first-order valence-electron chi connectivity index (χ1n) is 8.41. The molecule has 0 fully saturated rings. The molecule has 0 atom stereocenters. The Morgan fingerprint density at radius 1 is 1.12 bits per heavy atom. The Balaban J connectivity index is 1.58. The number of aromatic nitrogens is 4. The number of aromatic amines is 1. The van der Waals surface area contributed by atoms with Gasteiger partial charge in [0.05, 0.1) is 18.1 Å². The van der Waals surface area contributed by atoms with Crippen molar-refractivity contribution in [1.29, 1.82) is 0 Å². The van der Waals surface area contributed by atoms with Crippen LogP contribution in [0, 0.1) is 6.92 Å². The van der Waals surface area contributed by atoms with Crippen LogP contribution in [0.25, 0.3) is 22.3 Å². The van der Waals surface area contributed by atoms with E-state index in [1.807, 2.05) is 18.6 Å². The van der Waals surface area contributed by atoms with E-state index in [4.69, 9.17) is 4.98 Å². The van der Waals surface area contributed by atoms with Crippen molar-refractivity contribution in [2.24, 2.45) is 0 Å². The van der Waals surface area contributed by atoms with Crippen LogP contribution in [0.3, 0.4) is 0 Å². The predicted molar refractivity (Wildman–Crippen MR) is 99.0 cm³/mol. The molecule has 3 aromatic heterocycles. The maximum absolute atomic E-state index is 4.86. The van der Waals surface area contributed by atoms with E-state index in [0.717, 1.165) is 41.1 Å². The van der Waals surface area contributed by atoms with E-state index in [-0.39, 0.29) is 0 Å². The molecule has 4 aromatic rings. The zero-order valence-electron chi connectivity index (χ0n) is 13.9. The molecule has 0 spiro atoms. The van der Waals surface area contributed by atoms with Gasteiger partial charge in [-0.3, -0.25) is 4.98 Å². The van der Waals surface area contributed by atoms with Gasteiger partial charge in [0.25, 0.3) is 0 Å². The summed E-state index contributed by atoms with van der Waals surface area (Å²) in [5, 5.41) is 1.12. The van der Waals surface area contributed by atoms with Crippen LogP contribution in [0.2, 0.25) is 0 Å². The fourth-order valence-corrected chi connectivity index (χ4v) is 3.48. The highest BCUT2D eigenvalue weighted by atomic mass is 15.2. The minimum absolute atomic E-state index is 0.844. The van der Waals surface area contributed by atoms with E-state index in [1.165, 1.54) is 16.8 Å². The number of hydrogen-bond donors (Lipinski definition) is 1. The fourth-order valence-electron chi connectivity index (χ4n) is 3.48. The van der Waals surface area contributed by atoms with E-state index >= 15 is 0 Å². The van der Waals surface area contributed by atoms with E-state index in [9.17, 15) is 0 Å². The third-order valence-corrected chi connectivity index (χ3v) is 4.82. The van der Waals surface area contributed by atoms with Gasteiger partial charge in [0.1, 0.15) is 5.65 Å². The molecule has 0 saturated carbocycles. The average Bonchev–Trinajstić information content (AvgIpc) is 3.26. The zero-order valence-corrected chi connectivity index (χ0v) is 13.9. The van der Waals surface area contributed by atoms with Gasteiger partial charge in [0.2, 0.25) is 0 Å². The first kappa shape index (κ1) is 14.2. The first-order valence-corrected chi connectivity index (χ1v) is 8.41. The fraction of sp³-hybridized carbons (Fsp3) is 0.150. The quantitative estimate of drug-likeness (QED) is 0.604. The van der Waals surface area contributed by atoms with Gasteiger partial charge in [-0.15, -0.1) is 0 Å². The Morgan fingerprint density at radius 2 is 2.04 bits per heavy atom. The topological polar surface area (TPSA) is 57.7 Å². The molecular weight excluding hydrogens is 310 g/mol. The number of nitrogens with one attached hydrogen (secondary N) is 1. The van der Waals surface area contributed by atoms with Crippen molar-refractivity contribution in [1.82, 2.24) is 19.9 Å². The van der Waals surface area contributed by atoms with Crippen molar-refractivity contribution in [2.75, 3.05) is 11.4 Å². The lowest BCUT2D eigenvalue weighted by atomic mass is 10.1. The highest BCUT2D eigenvalue weighted by Crippen LogP contribution is 2.33. The van der Waals surface area contributed by atoms with Gasteiger partial charge >= 0.3 is 0 Å². The second kappa shape index (κ2) is 5.41. The Kier molecular flexibility index (Phi) is 3.06. The Labute approximate surface area is 145 Å². The van der Waals surface area contributed by atoms with Gasteiger partial charge in [0, 0.05) is 35.6 Å². The maximum atomic E-state index is 4.86. The lowest BCUT2D eigenvalue weighted by Crippen LogP contribution is -2.15. The second-order valence-corrected chi connectivity index (χ2v) is 6.38. The summed E-state index contributed by atoms with van der Waals surface area (Å²) in [6, 6.07) is 10.6. The average molecular weight is 327 g/mol. The van der Waals surface area contributed by atoms with Gasteiger partial charge < -0.3 is 9.88 Å². The molecule has 1 aliphatic rings. The number of anilines is 2. The normalized spacial score (nSPS) is 13.4. The van der Waals surface area contributed by atoms with Gasteiger partial charge in [-0.2, -0.15) is 0 Å². The number of aryl methyl sites for hydroxylation is 1. The lowest BCUT2D eigenvalue weighted by Gasteiger charge is -2.18. The summed E-state index contributed by atoms with van der Waals surface area (Å²) in [7, 11) is 0. The summed E-state index contributed by atoms with van der Waals surface area (Å²) in [6.45, 7) is 3.01. The van der Waals surface area contributed by atoms with Crippen molar-refractivity contribution in [3.8, 4) is 11.3 Å². The van der Waals surface area contributed by atoms with Crippen molar-refractivity contribution in [3.05, 3.63) is 66.2 Å². The maximum Gasteiger partial charge on any atom is 0.152 e. The Bertz CT molecular complexity index is 1080. The number of nitrogens with zero attached hydrogens (tertiary/aromatic N) is 4. The minimum atomic E-state index is 0.844. The molecular formula is C20H17N5. The van der Waals surface area contributed by atoms with Crippen LogP contribution in [0.4, 0.5) is 11.5 Å². The van der Waals surface area contributed by atoms with Gasteiger partial charge in [-0.05, 0) is 36.6 Å². The van der Waals surface area contributed by atoms with E-state index in [0.29, 0.717) is 0 Å². The third kappa shape index (κ3) is 2.28. The summed E-state index contributed by atoms with van der Waals surface area (Å²) in [5.41, 5.74) is 6.50. The lowest BCUT2D eigenvalue weighted by molar-refractivity contribution is 0.965. The summed E-state index contributed by atoms with van der Waals surface area (Å²) in [4.78, 5) is 19.2. The van der Waals surface area contributed by atoms with Gasteiger partial charge in [-0.1, -0.05) is 18.2 Å².